The van der Waals surface area contributed by atoms with Crippen molar-refractivity contribution in [1.82, 2.24) is 0 Å². The number of allylic oxidation sites excluding steroid dienone is 1. The molecule has 0 radical (unpaired) electrons. The fraction of sp³-hybridized carbons (Fsp3) is 0.500. The molecule has 116 valence electrons. The van der Waals surface area contributed by atoms with E-state index in [2.05, 4.69) is 0 Å². The molecule has 0 amide bonds. The van der Waals surface area contributed by atoms with Crippen molar-refractivity contribution in [3.8, 4) is 0 Å². The van der Waals surface area contributed by atoms with Crippen molar-refractivity contribution in [2.45, 2.75) is 51.9 Å². The van der Waals surface area contributed by atoms with Gasteiger partial charge in [-0.15, -0.1) is 0 Å². The molecule has 0 N–H and O–H groups in total. The number of ether oxygens (including phenoxy) is 1. The fourth-order valence-electron chi connectivity index (χ4n) is 2.12. The highest BCUT2D eigenvalue weighted by Crippen LogP contribution is 2.11. The number of carbonyl (C=O) groups is 1. The van der Waals surface area contributed by atoms with Crippen LogP contribution in [-0.4, -0.2) is 12.6 Å². The molecule has 0 aromatic heterocycles. The molecule has 0 aliphatic rings. The molecule has 0 heterocycles. The van der Waals surface area contributed by atoms with Crippen LogP contribution in [0.5, 0.6) is 0 Å². The molecule has 1 aromatic carbocycles. The van der Waals surface area contributed by atoms with Crippen molar-refractivity contribution < 1.29 is 13.9 Å². The summed E-state index contributed by atoms with van der Waals surface area (Å²) in [5.41, 5.74) is 0.645. The topological polar surface area (TPSA) is 26.3 Å². The molecule has 0 aliphatic carbocycles. The van der Waals surface area contributed by atoms with Crippen molar-refractivity contribution in [3.63, 3.8) is 0 Å². The summed E-state index contributed by atoms with van der Waals surface area (Å²) in [7, 11) is 0. The van der Waals surface area contributed by atoms with Crippen LogP contribution in [0.2, 0.25) is 0 Å². The molecule has 0 spiro atoms. The van der Waals surface area contributed by atoms with Crippen molar-refractivity contribution in [2.24, 2.45) is 0 Å². The van der Waals surface area contributed by atoms with Gasteiger partial charge in [-0.25, -0.2) is 4.39 Å². The van der Waals surface area contributed by atoms with Crippen LogP contribution in [0.4, 0.5) is 4.39 Å². The summed E-state index contributed by atoms with van der Waals surface area (Å²) in [6, 6.07) is 6.79. The van der Waals surface area contributed by atoms with Crippen molar-refractivity contribution in [2.75, 3.05) is 6.61 Å². The highest BCUT2D eigenvalue weighted by atomic mass is 19.1. The Bertz CT molecular complexity index is 441. The third-order valence-corrected chi connectivity index (χ3v) is 3.26. The van der Waals surface area contributed by atoms with Crippen molar-refractivity contribution in [1.29, 1.82) is 0 Å². The van der Waals surface area contributed by atoms with E-state index >= 15 is 0 Å². The van der Waals surface area contributed by atoms with E-state index in [1.54, 1.807) is 12.1 Å². The molecule has 0 unspecified atom stereocenters. The highest BCUT2D eigenvalue weighted by Gasteiger charge is 2.00. The van der Waals surface area contributed by atoms with E-state index in [4.69, 9.17) is 4.74 Å². The quantitative estimate of drug-likeness (QED) is 0.441. The van der Waals surface area contributed by atoms with Gasteiger partial charge < -0.3 is 4.74 Å². The van der Waals surface area contributed by atoms with Crippen LogP contribution in [0.25, 0.3) is 6.08 Å². The average molecular weight is 292 g/mol. The average Bonchev–Trinajstić information content (AvgIpc) is 2.47. The number of carbonyl (C=O) groups excluding carboxylic acids is 1. The normalized spacial score (nSPS) is 11.0. The zero-order valence-corrected chi connectivity index (χ0v) is 12.8. The van der Waals surface area contributed by atoms with Gasteiger partial charge in [0.15, 0.2) is 0 Å². The van der Waals surface area contributed by atoms with Crippen LogP contribution in [0.1, 0.15) is 57.4 Å². The lowest BCUT2D eigenvalue weighted by molar-refractivity contribution is -0.143. The minimum absolute atomic E-state index is 0.0923. The van der Waals surface area contributed by atoms with Gasteiger partial charge in [0.1, 0.15) is 5.82 Å². The molecule has 3 heteroatoms. The summed E-state index contributed by atoms with van der Waals surface area (Å²) >= 11 is 0. The molecule has 1 aromatic rings. The number of rotatable bonds is 10. The van der Waals surface area contributed by atoms with E-state index < -0.39 is 0 Å². The van der Waals surface area contributed by atoms with E-state index in [1.165, 1.54) is 6.07 Å². The second kappa shape index (κ2) is 11.1. The fourth-order valence-corrected chi connectivity index (χ4v) is 2.12. The second-order valence-electron chi connectivity index (χ2n) is 5.04. The van der Waals surface area contributed by atoms with Crippen LogP contribution in [0.3, 0.4) is 0 Å². The van der Waals surface area contributed by atoms with Crippen molar-refractivity contribution >= 4 is 12.0 Å². The summed E-state index contributed by atoms with van der Waals surface area (Å²) in [5.74, 6) is -0.266. The third kappa shape index (κ3) is 8.28. The Labute approximate surface area is 127 Å². The maximum atomic E-state index is 13.3. The zero-order chi connectivity index (χ0) is 15.3. The molecule has 0 atom stereocenters. The van der Waals surface area contributed by atoms with Crippen LogP contribution in [0, 0.1) is 5.82 Å². The van der Waals surface area contributed by atoms with E-state index in [9.17, 15) is 9.18 Å². The predicted octanol–water partition coefficient (Wildman–Crippen LogP) is 5.13. The summed E-state index contributed by atoms with van der Waals surface area (Å²) in [4.78, 5) is 11.1. The first-order valence-electron chi connectivity index (χ1n) is 7.80. The van der Waals surface area contributed by atoms with E-state index in [1.807, 2.05) is 25.1 Å². The number of unbranched alkanes of at least 4 members (excludes halogenated alkanes) is 5. The Kier molecular flexibility index (Phi) is 9.18. The summed E-state index contributed by atoms with van der Waals surface area (Å²) in [6.07, 6.45) is 10.7. The first-order valence-corrected chi connectivity index (χ1v) is 7.80. The van der Waals surface area contributed by atoms with Crippen LogP contribution in [0.15, 0.2) is 30.3 Å². The molecule has 21 heavy (non-hydrogen) atoms. The Morgan fingerprint density at radius 1 is 1.14 bits per heavy atom. The number of benzene rings is 1. The van der Waals surface area contributed by atoms with E-state index in [0.29, 0.717) is 18.6 Å². The molecule has 0 saturated heterocycles. The molecular weight excluding hydrogens is 267 g/mol. The summed E-state index contributed by atoms with van der Waals surface area (Å²) in [5, 5.41) is 0. The third-order valence-electron chi connectivity index (χ3n) is 3.26. The lowest BCUT2D eigenvalue weighted by Gasteiger charge is -2.01. The zero-order valence-electron chi connectivity index (χ0n) is 12.8. The molecular formula is C18H25FO2. The maximum absolute atomic E-state index is 13.3. The second-order valence-corrected chi connectivity index (χ2v) is 5.04. The van der Waals surface area contributed by atoms with E-state index in [0.717, 1.165) is 38.5 Å². The van der Waals surface area contributed by atoms with Gasteiger partial charge in [-0.1, -0.05) is 49.6 Å². The van der Waals surface area contributed by atoms with Gasteiger partial charge in [0.05, 0.1) is 6.61 Å². The summed E-state index contributed by atoms with van der Waals surface area (Å²) in [6.45, 7) is 2.29. The lowest BCUT2D eigenvalue weighted by Crippen LogP contribution is -2.03. The maximum Gasteiger partial charge on any atom is 0.305 e. The SMILES string of the molecule is CCOC(=O)CCCCCCC/C=C/c1ccccc1F. The number of esters is 1. The smallest absolute Gasteiger partial charge is 0.305 e. The molecule has 0 aliphatic heterocycles. The Hall–Kier alpha value is -1.64. The summed E-state index contributed by atoms with van der Waals surface area (Å²) < 4.78 is 18.2. The van der Waals surface area contributed by atoms with Gasteiger partial charge in [-0.3, -0.25) is 4.79 Å². The minimum Gasteiger partial charge on any atom is -0.466 e. The van der Waals surface area contributed by atoms with E-state index in [-0.39, 0.29) is 11.8 Å². The monoisotopic (exact) mass is 292 g/mol. The van der Waals surface area contributed by atoms with Crippen molar-refractivity contribution in [3.05, 3.63) is 41.7 Å². The largest absolute Gasteiger partial charge is 0.466 e. The molecule has 2 nitrogen and oxygen atoms in total. The molecule has 0 bridgehead atoms. The van der Waals surface area contributed by atoms with Gasteiger partial charge in [-0.05, 0) is 32.3 Å². The van der Waals surface area contributed by atoms with Crippen LogP contribution >= 0.6 is 0 Å². The standard InChI is InChI=1S/C18H25FO2/c1-2-21-18(20)15-9-7-5-3-4-6-8-12-16-13-10-11-14-17(16)19/h8,10-14H,2-7,9,15H2,1H3/b12-8+. The number of hydrogen-bond acceptors (Lipinski definition) is 2. The van der Waals surface area contributed by atoms with Gasteiger partial charge in [0.25, 0.3) is 0 Å². The van der Waals surface area contributed by atoms with Crippen LogP contribution in [-0.2, 0) is 9.53 Å². The van der Waals surface area contributed by atoms with Crippen LogP contribution < -0.4 is 0 Å². The number of halogens is 1. The molecule has 0 saturated carbocycles. The van der Waals surface area contributed by atoms with Gasteiger partial charge in [-0.2, -0.15) is 0 Å². The number of hydrogen-bond donors (Lipinski definition) is 0. The van der Waals surface area contributed by atoms with Gasteiger partial charge >= 0.3 is 5.97 Å². The molecule has 1 rings (SSSR count). The predicted molar refractivity (Wildman–Crippen MR) is 84.4 cm³/mol. The van der Waals surface area contributed by atoms with Gasteiger partial charge in [0.2, 0.25) is 0 Å². The first-order chi connectivity index (χ1) is 10.2. The highest BCUT2D eigenvalue weighted by molar-refractivity contribution is 5.69. The Morgan fingerprint density at radius 2 is 1.86 bits per heavy atom. The molecule has 0 fully saturated rings. The van der Waals surface area contributed by atoms with Gasteiger partial charge in [0, 0.05) is 12.0 Å². The Morgan fingerprint density at radius 3 is 2.62 bits per heavy atom. The first kappa shape index (κ1) is 17.4. The lowest BCUT2D eigenvalue weighted by atomic mass is 10.1. The Balaban J connectivity index is 2.00. The minimum atomic E-state index is -0.173.